The van der Waals surface area contributed by atoms with Crippen molar-refractivity contribution < 1.29 is 53.6 Å². The van der Waals surface area contributed by atoms with E-state index in [-0.39, 0.29) is 53.2 Å². The van der Waals surface area contributed by atoms with E-state index in [1.165, 1.54) is 23.1 Å². The highest BCUT2D eigenvalue weighted by atomic mass is 32.2. The summed E-state index contributed by atoms with van der Waals surface area (Å²) in [7, 11) is 0. The van der Waals surface area contributed by atoms with E-state index in [2.05, 4.69) is 4.98 Å². The molecule has 1 saturated carbocycles. The topological polar surface area (TPSA) is 92.5 Å². The number of thiocarbonyl (C=S) groups is 1. The Hall–Kier alpha value is -3.30. The first-order chi connectivity index (χ1) is 21.4. The van der Waals surface area contributed by atoms with E-state index in [1.807, 2.05) is 0 Å². The minimum atomic E-state index is -5.66. The molecule has 1 unspecified atom stereocenters. The predicted molar refractivity (Wildman–Crippen MR) is 152 cm³/mol. The lowest BCUT2D eigenvalue weighted by molar-refractivity contribution is -0.284. The van der Waals surface area contributed by atoms with Crippen molar-refractivity contribution in [3.63, 3.8) is 0 Å². The second kappa shape index (κ2) is 13.4. The zero-order valence-corrected chi connectivity index (χ0v) is 25.3. The number of hydrogen-bond donors (Lipinski definition) is 0. The van der Waals surface area contributed by atoms with Crippen molar-refractivity contribution in [2.24, 2.45) is 0 Å². The van der Waals surface area contributed by atoms with Gasteiger partial charge in [0.25, 0.3) is 5.91 Å². The summed E-state index contributed by atoms with van der Waals surface area (Å²) in [6.45, 7) is -0.0365. The number of anilines is 2. The van der Waals surface area contributed by atoms with Crippen molar-refractivity contribution in [2.45, 2.75) is 68.8 Å². The lowest BCUT2D eigenvalue weighted by atomic mass is 9.75. The van der Waals surface area contributed by atoms with Gasteiger partial charge in [0.15, 0.2) is 22.4 Å². The van der Waals surface area contributed by atoms with Crippen LogP contribution in [0.2, 0.25) is 0 Å². The normalized spacial score (nSPS) is 17.3. The fourth-order valence-electron chi connectivity index (χ4n) is 5.08. The molecule has 7 nitrogen and oxygen atoms in total. The van der Waals surface area contributed by atoms with Crippen LogP contribution < -0.4 is 14.5 Å². The molecule has 0 radical (unpaired) electrons. The van der Waals surface area contributed by atoms with Gasteiger partial charge in [0.05, 0.1) is 24.1 Å². The van der Waals surface area contributed by atoms with E-state index in [1.54, 1.807) is 0 Å². The lowest BCUT2D eigenvalue weighted by Crippen LogP contribution is -2.55. The molecule has 1 aliphatic carbocycles. The van der Waals surface area contributed by atoms with E-state index in [9.17, 15) is 44.5 Å². The Morgan fingerprint density at radius 3 is 2.28 bits per heavy atom. The van der Waals surface area contributed by atoms with E-state index in [0.717, 1.165) is 17.2 Å². The van der Waals surface area contributed by atoms with Gasteiger partial charge in [-0.25, -0.2) is 9.37 Å². The van der Waals surface area contributed by atoms with Crippen LogP contribution in [0, 0.1) is 17.1 Å². The van der Waals surface area contributed by atoms with Crippen LogP contribution >= 0.6 is 12.2 Å². The summed E-state index contributed by atoms with van der Waals surface area (Å²) in [6.07, 6.45) is -9.95. The van der Waals surface area contributed by atoms with Crippen LogP contribution in [0.4, 0.5) is 50.9 Å². The predicted octanol–water partition coefficient (Wildman–Crippen LogP) is 7.06. The molecule has 1 amide bonds. The first kappa shape index (κ1) is 35.6. The molecule has 2 aliphatic rings. The van der Waals surface area contributed by atoms with E-state index in [0.29, 0.717) is 25.3 Å². The van der Waals surface area contributed by atoms with Crippen LogP contribution in [0.5, 0.6) is 5.75 Å². The summed E-state index contributed by atoms with van der Waals surface area (Å²) >= 11 is 3.87. The van der Waals surface area contributed by atoms with Crippen LogP contribution in [-0.2, 0) is 22.1 Å². The van der Waals surface area contributed by atoms with E-state index >= 15 is 4.39 Å². The monoisotopic (exact) mass is 700 g/mol. The zero-order chi connectivity index (χ0) is 34.1. The number of rotatable bonds is 12. The van der Waals surface area contributed by atoms with Gasteiger partial charge in [0.1, 0.15) is 23.1 Å². The average Bonchev–Trinajstić information content (AvgIpc) is 3.18. The number of ether oxygens (including phenoxy) is 1. The van der Waals surface area contributed by atoms with E-state index in [4.69, 9.17) is 22.2 Å². The van der Waals surface area contributed by atoms with Gasteiger partial charge < -0.3 is 14.2 Å². The summed E-state index contributed by atoms with van der Waals surface area (Å²) in [4.78, 5) is 19.4. The summed E-state index contributed by atoms with van der Waals surface area (Å²) in [5.41, 5.74) is -3.61. The number of amides is 1. The lowest BCUT2D eigenvalue weighted by Gasteiger charge is -2.43. The van der Waals surface area contributed by atoms with Crippen molar-refractivity contribution in [3.8, 4) is 11.8 Å². The number of hydrogen-bond acceptors (Lipinski definition) is 6. The quantitative estimate of drug-likeness (QED) is 0.101. The highest BCUT2D eigenvalue weighted by molar-refractivity contribution is 7.91. The van der Waals surface area contributed by atoms with Crippen molar-refractivity contribution in [2.75, 3.05) is 27.9 Å². The summed E-state index contributed by atoms with van der Waals surface area (Å²) in [5.74, 6) is -6.78. The number of nitrogens with zero attached hydrogens (tertiary/aromatic N) is 4. The van der Waals surface area contributed by atoms with Gasteiger partial charge in [-0.05, 0) is 68.9 Å². The number of unbranched alkanes of at least 4 members (excludes halogenated alkanes) is 1. The fourth-order valence-corrected chi connectivity index (χ4v) is 6.75. The Balaban J connectivity index is 1.37. The number of pyridine rings is 1. The smallest absolute Gasteiger partial charge is 0.453 e. The second-order valence-electron chi connectivity index (χ2n) is 10.7. The maximum Gasteiger partial charge on any atom is 0.453 e. The molecule has 2 fully saturated rings. The van der Waals surface area contributed by atoms with Crippen LogP contribution in [0.1, 0.15) is 56.2 Å². The third kappa shape index (κ3) is 7.15. The molecule has 1 atom stereocenters. The SMILES string of the molecule is N#Cc1ncc(N2C(=O)C3(CCC3)N(c3ccc(OCCCC[S+]([O-])CCCC(F)(F)C(F)(F)F)c(F)c3)C2=S)cc1C(F)(F)F. The summed E-state index contributed by atoms with van der Waals surface area (Å²) in [6, 6.07) is 5.74. The maximum atomic E-state index is 15.1. The van der Waals surface area contributed by atoms with Gasteiger partial charge in [-0.2, -0.15) is 40.4 Å². The Bertz CT molecular complexity index is 1510. The molecule has 4 rings (SSSR count). The fraction of sp³-hybridized carbons (Fsp3) is 0.500. The van der Waals surface area contributed by atoms with Gasteiger partial charge in [0, 0.05) is 18.2 Å². The molecule has 1 aromatic carbocycles. The van der Waals surface area contributed by atoms with Crippen LogP contribution in [0.15, 0.2) is 30.5 Å². The molecule has 250 valence electrons. The van der Waals surface area contributed by atoms with Crippen molar-refractivity contribution in [1.29, 1.82) is 5.26 Å². The molecule has 1 aliphatic heterocycles. The molecule has 1 aromatic heterocycles. The Morgan fingerprint density at radius 1 is 1.04 bits per heavy atom. The second-order valence-corrected chi connectivity index (χ2v) is 12.7. The minimum Gasteiger partial charge on any atom is -0.616 e. The number of aromatic nitrogens is 1. The van der Waals surface area contributed by atoms with Gasteiger partial charge in [-0.15, -0.1) is 0 Å². The minimum absolute atomic E-state index is 0.0284. The first-order valence-corrected chi connectivity index (χ1v) is 15.7. The van der Waals surface area contributed by atoms with Crippen LogP contribution in [-0.4, -0.2) is 56.3 Å². The average molecular weight is 701 g/mol. The van der Waals surface area contributed by atoms with Crippen molar-refractivity contribution in [1.82, 2.24) is 4.98 Å². The number of benzene rings is 1. The van der Waals surface area contributed by atoms with Crippen LogP contribution in [0.25, 0.3) is 0 Å². The Morgan fingerprint density at radius 2 is 1.72 bits per heavy atom. The highest BCUT2D eigenvalue weighted by Gasteiger charge is 2.60. The molecule has 1 spiro atoms. The number of carbonyl (C=O) groups excluding carboxylic acids is 1. The molecule has 1 saturated heterocycles. The molecule has 2 heterocycles. The molecule has 2 aromatic rings. The van der Waals surface area contributed by atoms with Gasteiger partial charge in [0.2, 0.25) is 0 Å². The summed E-state index contributed by atoms with van der Waals surface area (Å²) in [5, 5.41) is 8.85. The maximum absolute atomic E-state index is 15.1. The molecule has 0 N–H and O–H groups in total. The largest absolute Gasteiger partial charge is 0.616 e. The van der Waals surface area contributed by atoms with Gasteiger partial charge in [-0.1, -0.05) is 11.2 Å². The number of nitriles is 1. The van der Waals surface area contributed by atoms with Crippen LogP contribution in [0.3, 0.4) is 0 Å². The van der Waals surface area contributed by atoms with Gasteiger partial charge >= 0.3 is 18.3 Å². The number of alkyl halides is 8. The Kier molecular flexibility index (Phi) is 10.4. The van der Waals surface area contributed by atoms with Crippen molar-refractivity contribution >= 4 is 45.8 Å². The third-order valence-electron chi connectivity index (χ3n) is 7.61. The molecule has 18 heteroatoms. The first-order valence-electron chi connectivity index (χ1n) is 13.8. The zero-order valence-electron chi connectivity index (χ0n) is 23.7. The highest BCUT2D eigenvalue weighted by Crippen LogP contribution is 2.48. The number of halogens is 9. The standard InChI is InChI=1S/C28H25F9N4O3S2/c29-20-14-17(5-6-22(20)44-10-1-2-11-46(43)12-4-9-26(30,31)28(35,36)37)41-24(45)40(23(42)25(41)7-3-8-25)18-13-19(27(32,33)34)21(15-38)39-16-18/h5-6,13-14,16H,1-4,7-12H2. The third-order valence-corrected chi connectivity index (χ3v) is 9.46. The molecular weight excluding hydrogens is 675 g/mol. The van der Waals surface area contributed by atoms with Crippen molar-refractivity contribution in [3.05, 3.63) is 47.5 Å². The molecular formula is C28H25F9N4O3S2. The molecule has 46 heavy (non-hydrogen) atoms. The summed E-state index contributed by atoms with van der Waals surface area (Å²) < 4.78 is 136. The Labute approximate surface area is 265 Å². The molecule has 0 bridgehead atoms. The van der Waals surface area contributed by atoms with E-state index < -0.39 is 70.8 Å². The van der Waals surface area contributed by atoms with Gasteiger partial charge in [-0.3, -0.25) is 9.69 Å². The number of carbonyl (C=O) groups is 1.